The lowest BCUT2D eigenvalue weighted by Crippen LogP contribution is -2.55. The summed E-state index contributed by atoms with van der Waals surface area (Å²) >= 11 is 0. The molecule has 0 bridgehead atoms. The third kappa shape index (κ3) is 2.42. The van der Waals surface area contributed by atoms with Crippen molar-refractivity contribution in [1.82, 2.24) is 4.90 Å². The molecule has 4 nitrogen and oxygen atoms in total. The Morgan fingerprint density at radius 3 is 2.54 bits per heavy atom. The fourth-order valence-corrected chi connectivity index (χ4v) is 1.28. The molecule has 1 aliphatic rings. The Hall–Kier alpha value is -0.610. The minimum absolute atomic E-state index is 0.0401. The van der Waals surface area contributed by atoms with Gasteiger partial charge in [-0.3, -0.25) is 4.79 Å². The highest BCUT2D eigenvalue weighted by molar-refractivity contribution is 5.85. The van der Waals surface area contributed by atoms with E-state index in [1.54, 1.807) is 11.8 Å². The second-order valence-electron chi connectivity index (χ2n) is 3.68. The lowest BCUT2D eigenvalue weighted by Gasteiger charge is -2.33. The summed E-state index contributed by atoms with van der Waals surface area (Å²) in [6.45, 7) is 6.32. The van der Waals surface area contributed by atoms with E-state index >= 15 is 0 Å². The van der Waals surface area contributed by atoms with Crippen molar-refractivity contribution in [1.29, 1.82) is 0 Å². The molecule has 0 aromatic heterocycles. The van der Waals surface area contributed by atoms with E-state index in [1.807, 2.05) is 6.92 Å². The molecule has 1 fully saturated rings. The molecular weight excluding hydrogens is 168 g/mol. The summed E-state index contributed by atoms with van der Waals surface area (Å²) in [6.07, 6.45) is 0.670. The first-order valence-corrected chi connectivity index (χ1v) is 4.74. The zero-order chi connectivity index (χ0) is 9.90. The molecule has 1 heterocycles. The van der Waals surface area contributed by atoms with Crippen LogP contribution in [-0.2, 0) is 9.53 Å². The highest BCUT2D eigenvalue weighted by Gasteiger charge is 2.31. The molecule has 1 atom stereocenters. The van der Waals surface area contributed by atoms with Crippen LogP contribution in [-0.4, -0.2) is 42.6 Å². The second kappa shape index (κ2) is 4.07. The van der Waals surface area contributed by atoms with Gasteiger partial charge in [-0.05, 0) is 13.3 Å². The first-order valence-electron chi connectivity index (χ1n) is 4.74. The van der Waals surface area contributed by atoms with Crippen LogP contribution in [0.3, 0.4) is 0 Å². The maximum absolute atomic E-state index is 11.8. The van der Waals surface area contributed by atoms with Gasteiger partial charge in [-0.15, -0.1) is 0 Å². The van der Waals surface area contributed by atoms with Crippen molar-refractivity contribution in [3.05, 3.63) is 0 Å². The normalized spacial score (nSPS) is 22.5. The van der Waals surface area contributed by atoms with E-state index in [0.717, 1.165) is 0 Å². The number of hydrogen-bond acceptors (Lipinski definition) is 3. The topological polar surface area (TPSA) is 55.6 Å². The summed E-state index contributed by atoms with van der Waals surface area (Å²) in [6, 6.07) is 0. The zero-order valence-electron chi connectivity index (χ0n) is 8.38. The molecule has 2 N–H and O–H groups in total. The Balaban J connectivity index is 2.55. The van der Waals surface area contributed by atoms with Gasteiger partial charge in [0.05, 0.1) is 18.8 Å². The monoisotopic (exact) mass is 186 g/mol. The van der Waals surface area contributed by atoms with E-state index in [9.17, 15) is 4.79 Å². The zero-order valence-corrected chi connectivity index (χ0v) is 8.38. The Morgan fingerprint density at radius 2 is 2.08 bits per heavy atom. The van der Waals surface area contributed by atoms with E-state index in [1.165, 1.54) is 0 Å². The lowest BCUT2D eigenvalue weighted by molar-refractivity contribution is -0.140. The van der Waals surface area contributed by atoms with Gasteiger partial charge in [0.25, 0.3) is 0 Å². The van der Waals surface area contributed by atoms with Gasteiger partial charge in [-0.2, -0.15) is 0 Å². The van der Waals surface area contributed by atoms with Crippen molar-refractivity contribution in [2.24, 2.45) is 5.73 Å². The number of morpholine rings is 1. The fraction of sp³-hybridized carbons (Fsp3) is 0.889. The average molecular weight is 186 g/mol. The van der Waals surface area contributed by atoms with E-state index < -0.39 is 5.54 Å². The number of carbonyl (C=O) groups is 1. The maximum atomic E-state index is 11.8. The minimum atomic E-state index is -0.711. The van der Waals surface area contributed by atoms with Crippen LogP contribution in [0.2, 0.25) is 0 Å². The minimum Gasteiger partial charge on any atom is -0.378 e. The molecule has 0 spiro atoms. The molecule has 1 unspecified atom stereocenters. The number of amides is 1. The van der Waals surface area contributed by atoms with Gasteiger partial charge >= 0.3 is 0 Å². The number of carbonyl (C=O) groups excluding carboxylic acids is 1. The van der Waals surface area contributed by atoms with Crippen LogP contribution < -0.4 is 5.73 Å². The average Bonchev–Trinajstić information content (AvgIpc) is 2.18. The number of hydrogen-bond donors (Lipinski definition) is 1. The second-order valence-corrected chi connectivity index (χ2v) is 3.68. The Morgan fingerprint density at radius 1 is 1.54 bits per heavy atom. The van der Waals surface area contributed by atoms with Crippen LogP contribution in [0.15, 0.2) is 0 Å². The van der Waals surface area contributed by atoms with Crippen LogP contribution in [0.1, 0.15) is 20.3 Å². The molecule has 1 amide bonds. The maximum Gasteiger partial charge on any atom is 0.242 e. The molecule has 1 saturated heterocycles. The van der Waals surface area contributed by atoms with Crippen LogP contribution in [0.4, 0.5) is 0 Å². The number of rotatable bonds is 2. The van der Waals surface area contributed by atoms with Crippen molar-refractivity contribution in [3.8, 4) is 0 Å². The first kappa shape index (κ1) is 10.5. The van der Waals surface area contributed by atoms with Crippen molar-refractivity contribution < 1.29 is 9.53 Å². The Kier molecular flexibility index (Phi) is 3.27. The van der Waals surface area contributed by atoms with E-state index in [0.29, 0.717) is 32.7 Å². The van der Waals surface area contributed by atoms with Gasteiger partial charge in [0.2, 0.25) is 5.91 Å². The van der Waals surface area contributed by atoms with Gasteiger partial charge in [0, 0.05) is 13.1 Å². The van der Waals surface area contributed by atoms with Crippen molar-refractivity contribution >= 4 is 5.91 Å². The Bertz CT molecular complexity index is 186. The molecule has 0 aliphatic carbocycles. The third-order valence-corrected chi connectivity index (χ3v) is 2.52. The van der Waals surface area contributed by atoms with E-state index in [2.05, 4.69) is 0 Å². The predicted molar refractivity (Wildman–Crippen MR) is 50.3 cm³/mol. The SMILES string of the molecule is CCC(C)(N)C(=O)N1CCOCC1. The van der Waals surface area contributed by atoms with Crippen molar-refractivity contribution in [3.63, 3.8) is 0 Å². The van der Waals surface area contributed by atoms with E-state index in [4.69, 9.17) is 10.5 Å². The molecule has 0 radical (unpaired) electrons. The van der Waals surface area contributed by atoms with Gasteiger partial charge in [0.15, 0.2) is 0 Å². The summed E-state index contributed by atoms with van der Waals surface area (Å²) < 4.78 is 5.16. The molecule has 0 saturated carbocycles. The third-order valence-electron chi connectivity index (χ3n) is 2.52. The van der Waals surface area contributed by atoms with Gasteiger partial charge in [-0.25, -0.2) is 0 Å². The highest BCUT2D eigenvalue weighted by atomic mass is 16.5. The smallest absolute Gasteiger partial charge is 0.242 e. The van der Waals surface area contributed by atoms with Gasteiger partial charge in [-0.1, -0.05) is 6.92 Å². The molecule has 13 heavy (non-hydrogen) atoms. The van der Waals surface area contributed by atoms with Gasteiger partial charge in [0.1, 0.15) is 0 Å². The molecule has 0 aromatic rings. The summed E-state index contributed by atoms with van der Waals surface area (Å²) in [4.78, 5) is 13.6. The molecule has 1 aliphatic heterocycles. The summed E-state index contributed by atoms with van der Waals surface area (Å²) in [5.41, 5.74) is 5.15. The highest BCUT2D eigenvalue weighted by Crippen LogP contribution is 2.11. The van der Waals surface area contributed by atoms with Crippen LogP contribution in [0.5, 0.6) is 0 Å². The lowest BCUT2D eigenvalue weighted by atomic mass is 9.98. The van der Waals surface area contributed by atoms with Crippen LogP contribution in [0.25, 0.3) is 0 Å². The van der Waals surface area contributed by atoms with Crippen LogP contribution in [0, 0.1) is 0 Å². The fourth-order valence-electron chi connectivity index (χ4n) is 1.28. The molecular formula is C9H18N2O2. The summed E-state index contributed by atoms with van der Waals surface area (Å²) in [5.74, 6) is 0.0401. The standard InChI is InChI=1S/C9H18N2O2/c1-3-9(2,10)8(12)11-4-6-13-7-5-11/h3-7,10H2,1-2H3. The largest absolute Gasteiger partial charge is 0.378 e. The summed E-state index contributed by atoms with van der Waals surface area (Å²) in [5, 5.41) is 0. The van der Waals surface area contributed by atoms with Crippen molar-refractivity contribution in [2.75, 3.05) is 26.3 Å². The van der Waals surface area contributed by atoms with Gasteiger partial charge < -0.3 is 15.4 Å². The number of ether oxygens (including phenoxy) is 1. The Labute approximate surface area is 79.0 Å². The number of nitrogens with zero attached hydrogens (tertiary/aromatic N) is 1. The number of nitrogens with two attached hydrogens (primary N) is 1. The first-order chi connectivity index (χ1) is 6.08. The predicted octanol–water partition coefficient (Wildman–Crippen LogP) is -0.0274. The molecule has 1 rings (SSSR count). The van der Waals surface area contributed by atoms with Crippen LogP contribution >= 0.6 is 0 Å². The summed E-state index contributed by atoms with van der Waals surface area (Å²) in [7, 11) is 0. The molecule has 0 aromatic carbocycles. The molecule has 76 valence electrons. The molecule has 4 heteroatoms. The van der Waals surface area contributed by atoms with E-state index in [-0.39, 0.29) is 5.91 Å². The van der Waals surface area contributed by atoms with Crippen molar-refractivity contribution in [2.45, 2.75) is 25.8 Å². The quantitative estimate of drug-likeness (QED) is 0.659.